The van der Waals surface area contributed by atoms with Gasteiger partial charge in [-0.2, -0.15) is 0 Å². The van der Waals surface area contributed by atoms with E-state index in [1.54, 1.807) is 54.6 Å². The largest absolute Gasteiger partial charge is 0.492 e. The first-order valence-electron chi connectivity index (χ1n) is 10.0. The first-order valence-corrected chi connectivity index (χ1v) is 10.8. The minimum absolute atomic E-state index is 0.154. The van der Waals surface area contributed by atoms with Gasteiger partial charge in [-0.3, -0.25) is 9.59 Å². The van der Waals surface area contributed by atoms with E-state index >= 15 is 0 Å². The summed E-state index contributed by atoms with van der Waals surface area (Å²) in [5.41, 5.74) is 2.81. The Balaban J connectivity index is 1.83. The molecule has 0 radical (unpaired) electrons. The van der Waals surface area contributed by atoms with Gasteiger partial charge in [-0.05, 0) is 61.4 Å². The fourth-order valence-electron chi connectivity index (χ4n) is 3.47. The van der Waals surface area contributed by atoms with E-state index in [-0.39, 0.29) is 11.3 Å². The molecule has 2 amide bonds. The number of para-hydroxylation sites is 2. The van der Waals surface area contributed by atoms with Crippen molar-refractivity contribution in [1.82, 2.24) is 0 Å². The number of hydrogen-bond acceptors (Lipinski definition) is 4. The lowest BCUT2D eigenvalue weighted by atomic mass is 10.0. The Hall–Kier alpha value is -3.28. The molecule has 1 heterocycles. The molecule has 0 unspecified atom stereocenters. The molecule has 0 atom stereocenters. The smallest absolute Gasteiger partial charge is 0.282 e. The second kappa shape index (κ2) is 9.07. The van der Waals surface area contributed by atoms with Crippen LogP contribution in [0.2, 0.25) is 10.0 Å². The van der Waals surface area contributed by atoms with Crippen molar-refractivity contribution in [2.24, 2.45) is 0 Å². The third-order valence-corrected chi connectivity index (χ3v) is 5.74. The zero-order chi connectivity index (χ0) is 22.8. The first-order chi connectivity index (χ1) is 15.4. The molecule has 162 valence electrons. The minimum Gasteiger partial charge on any atom is -0.492 e. The van der Waals surface area contributed by atoms with Crippen molar-refractivity contribution < 1.29 is 14.3 Å². The fourth-order valence-corrected chi connectivity index (χ4v) is 3.77. The van der Waals surface area contributed by atoms with Crippen LogP contribution in [0, 0.1) is 6.92 Å². The maximum absolute atomic E-state index is 13.5. The van der Waals surface area contributed by atoms with Gasteiger partial charge in [0, 0.05) is 10.0 Å². The van der Waals surface area contributed by atoms with Gasteiger partial charge in [0.1, 0.15) is 11.4 Å². The summed E-state index contributed by atoms with van der Waals surface area (Å²) in [6.45, 7) is 4.19. The Bertz CT molecular complexity index is 1240. The topological polar surface area (TPSA) is 58.6 Å². The number of nitrogens with one attached hydrogen (secondary N) is 1. The summed E-state index contributed by atoms with van der Waals surface area (Å²) in [5, 5.41) is 4.14. The molecule has 0 fully saturated rings. The van der Waals surface area contributed by atoms with Crippen LogP contribution in [0.4, 0.5) is 11.4 Å². The van der Waals surface area contributed by atoms with Gasteiger partial charge in [-0.15, -0.1) is 0 Å². The predicted octanol–water partition coefficient (Wildman–Crippen LogP) is 6.10. The van der Waals surface area contributed by atoms with Crippen LogP contribution in [0.25, 0.3) is 5.57 Å². The average molecular weight is 467 g/mol. The summed E-state index contributed by atoms with van der Waals surface area (Å²) in [7, 11) is 0. The molecule has 0 saturated carbocycles. The van der Waals surface area contributed by atoms with Crippen LogP contribution in [0.3, 0.4) is 0 Å². The highest BCUT2D eigenvalue weighted by Gasteiger charge is 2.40. The molecule has 0 aromatic heterocycles. The van der Waals surface area contributed by atoms with Crippen molar-refractivity contribution in [2.75, 3.05) is 16.8 Å². The predicted molar refractivity (Wildman–Crippen MR) is 128 cm³/mol. The number of hydrogen-bond donors (Lipinski definition) is 1. The normalized spacial score (nSPS) is 13.7. The summed E-state index contributed by atoms with van der Waals surface area (Å²) >= 11 is 12.3. The third kappa shape index (κ3) is 4.09. The Labute approximate surface area is 196 Å². The van der Waals surface area contributed by atoms with E-state index < -0.39 is 11.8 Å². The molecule has 32 heavy (non-hydrogen) atoms. The average Bonchev–Trinajstić information content (AvgIpc) is 3.02. The zero-order valence-electron chi connectivity index (χ0n) is 17.5. The Morgan fingerprint density at radius 3 is 2.34 bits per heavy atom. The summed E-state index contributed by atoms with van der Waals surface area (Å²) in [4.78, 5) is 28.1. The monoisotopic (exact) mass is 466 g/mol. The second-order valence-electron chi connectivity index (χ2n) is 7.19. The van der Waals surface area contributed by atoms with E-state index in [1.807, 2.05) is 26.0 Å². The van der Waals surface area contributed by atoms with Crippen molar-refractivity contribution in [1.29, 1.82) is 0 Å². The summed E-state index contributed by atoms with van der Waals surface area (Å²) in [5.74, 6) is -0.352. The van der Waals surface area contributed by atoms with Crippen molar-refractivity contribution in [3.05, 3.63) is 93.6 Å². The molecular formula is C25H20Cl2N2O3. The van der Waals surface area contributed by atoms with Gasteiger partial charge in [-0.25, -0.2) is 4.90 Å². The Morgan fingerprint density at radius 2 is 1.66 bits per heavy atom. The van der Waals surface area contributed by atoms with Gasteiger partial charge in [-0.1, -0.05) is 53.5 Å². The van der Waals surface area contributed by atoms with E-state index in [0.717, 1.165) is 10.5 Å². The first kappa shape index (κ1) is 21.9. The number of anilines is 2. The Kier molecular flexibility index (Phi) is 6.21. The van der Waals surface area contributed by atoms with Gasteiger partial charge >= 0.3 is 0 Å². The highest BCUT2D eigenvalue weighted by Crippen LogP contribution is 2.37. The van der Waals surface area contributed by atoms with Crippen molar-refractivity contribution in [3.63, 3.8) is 0 Å². The lowest BCUT2D eigenvalue weighted by Gasteiger charge is -2.17. The fraction of sp³-hybridized carbons (Fsp3) is 0.120. The number of aryl methyl sites for hydroxylation is 1. The maximum Gasteiger partial charge on any atom is 0.282 e. The molecule has 3 aromatic carbocycles. The van der Waals surface area contributed by atoms with Gasteiger partial charge in [0.2, 0.25) is 0 Å². The number of benzene rings is 3. The van der Waals surface area contributed by atoms with Gasteiger partial charge in [0.15, 0.2) is 0 Å². The lowest BCUT2D eigenvalue weighted by molar-refractivity contribution is -0.120. The van der Waals surface area contributed by atoms with Crippen molar-refractivity contribution in [3.8, 4) is 5.75 Å². The highest BCUT2D eigenvalue weighted by molar-refractivity contribution is 6.46. The summed E-state index contributed by atoms with van der Waals surface area (Å²) in [6, 6.07) is 19.1. The molecule has 1 N–H and O–H groups in total. The standard InChI is InChI=1S/C25H20Cl2N2O3/c1-3-32-21-7-5-4-6-20(21)28-23-22(16-9-11-17(26)12-10-16)24(30)29(25(23)31)18-13-8-15(2)19(27)14-18/h4-14,28H,3H2,1-2H3. The molecule has 0 aliphatic carbocycles. The molecule has 0 saturated heterocycles. The van der Waals surface area contributed by atoms with E-state index in [9.17, 15) is 9.59 Å². The van der Waals surface area contributed by atoms with Crippen LogP contribution in [0.5, 0.6) is 5.75 Å². The molecular weight excluding hydrogens is 447 g/mol. The number of nitrogens with zero attached hydrogens (tertiary/aromatic N) is 1. The summed E-state index contributed by atoms with van der Waals surface area (Å²) < 4.78 is 5.68. The number of carbonyl (C=O) groups excluding carboxylic acids is 2. The Morgan fingerprint density at radius 1 is 0.938 bits per heavy atom. The van der Waals surface area contributed by atoms with Crippen LogP contribution in [-0.4, -0.2) is 18.4 Å². The van der Waals surface area contributed by atoms with E-state index in [1.165, 1.54) is 0 Å². The molecule has 0 spiro atoms. The number of amides is 2. The molecule has 1 aliphatic heterocycles. The number of halogens is 2. The van der Waals surface area contributed by atoms with Gasteiger partial charge in [0.05, 0.1) is 23.6 Å². The van der Waals surface area contributed by atoms with Crippen molar-refractivity contribution >= 4 is 52.0 Å². The second-order valence-corrected chi connectivity index (χ2v) is 8.03. The van der Waals surface area contributed by atoms with Crippen molar-refractivity contribution in [2.45, 2.75) is 13.8 Å². The molecule has 1 aliphatic rings. The molecule has 3 aromatic rings. The molecule has 4 rings (SSSR count). The highest BCUT2D eigenvalue weighted by atomic mass is 35.5. The van der Waals surface area contributed by atoms with Crippen LogP contribution in [0.15, 0.2) is 72.4 Å². The summed E-state index contributed by atoms with van der Waals surface area (Å²) in [6.07, 6.45) is 0. The lowest BCUT2D eigenvalue weighted by Crippen LogP contribution is -2.32. The van der Waals surface area contributed by atoms with Crippen LogP contribution in [-0.2, 0) is 9.59 Å². The van der Waals surface area contributed by atoms with Gasteiger partial charge < -0.3 is 10.1 Å². The van der Waals surface area contributed by atoms with E-state index in [4.69, 9.17) is 27.9 Å². The minimum atomic E-state index is -0.480. The SMILES string of the molecule is CCOc1ccccc1NC1=C(c2ccc(Cl)cc2)C(=O)N(c2ccc(C)c(Cl)c2)C1=O. The molecule has 7 heteroatoms. The van der Waals surface area contributed by atoms with Crippen LogP contribution >= 0.6 is 23.2 Å². The number of rotatable bonds is 6. The molecule has 5 nitrogen and oxygen atoms in total. The third-order valence-electron chi connectivity index (χ3n) is 5.08. The number of ether oxygens (including phenoxy) is 1. The van der Waals surface area contributed by atoms with Gasteiger partial charge in [0.25, 0.3) is 11.8 Å². The zero-order valence-corrected chi connectivity index (χ0v) is 19.0. The van der Waals surface area contributed by atoms with E-state index in [0.29, 0.717) is 39.3 Å². The maximum atomic E-state index is 13.5. The quantitative estimate of drug-likeness (QED) is 0.446. The number of imide groups is 1. The van der Waals surface area contributed by atoms with Crippen LogP contribution < -0.4 is 15.0 Å². The molecule has 0 bridgehead atoms. The van der Waals surface area contributed by atoms with E-state index in [2.05, 4.69) is 5.32 Å². The van der Waals surface area contributed by atoms with Crippen LogP contribution in [0.1, 0.15) is 18.1 Å². The number of carbonyl (C=O) groups is 2.